The predicted octanol–water partition coefficient (Wildman–Crippen LogP) is -1.17. The summed E-state index contributed by atoms with van der Waals surface area (Å²) in [5, 5.41) is 5.51. The number of quaternary nitrogens is 2. The minimum Gasteiger partial charge on any atom is -0.406 e. The number of benzene rings is 1. The number of amides is 2. The molecule has 1 aromatic carbocycles. The monoisotopic (exact) mass is 404 g/mol. The number of hydrogen-bond donors (Lipinski definition) is 4. The van der Waals surface area contributed by atoms with Crippen molar-refractivity contribution in [2.24, 2.45) is 0 Å². The van der Waals surface area contributed by atoms with Crippen molar-refractivity contribution in [3.8, 4) is 5.75 Å². The second-order valence-corrected chi connectivity index (χ2v) is 6.82. The average Bonchev–Trinajstić information content (AvgIpc) is 2.62. The van der Waals surface area contributed by atoms with Gasteiger partial charge in [-0.1, -0.05) is 0 Å². The lowest BCUT2D eigenvalue weighted by Gasteiger charge is -2.32. The molecule has 0 aliphatic carbocycles. The molecule has 0 saturated carbocycles. The van der Waals surface area contributed by atoms with Crippen LogP contribution in [0.15, 0.2) is 24.3 Å². The first-order chi connectivity index (χ1) is 13.2. The van der Waals surface area contributed by atoms with Crippen molar-refractivity contribution < 1.29 is 37.3 Å². The van der Waals surface area contributed by atoms with Crippen LogP contribution in [-0.4, -0.2) is 63.5 Å². The molecular weight excluding hydrogens is 377 g/mol. The first-order valence-electron chi connectivity index (χ1n) is 9.29. The van der Waals surface area contributed by atoms with Gasteiger partial charge in [0.2, 0.25) is 0 Å². The van der Waals surface area contributed by atoms with E-state index in [0.29, 0.717) is 12.2 Å². The Hall–Kier alpha value is -2.33. The van der Waals surface area contributed by atoms with Gasteiger partial charge in [-0.05, 0) is 38.1 Å². The molecule has 1 saturated heterocycles. The lowest BCUT2D eigenvalue weighted by Crippen LogP contribution is -3.30. The van der Waals surface area contributed by atoms with Crippen molar-refractivity contribution in [1.82, 2.24) is 5.32 Å². The SMILES string of the molecule is CCNC(=O)[C@@H](C)[NH+]1CC[NH+](CC(=O)Nc2ccc(OC(F)(F)F)cc2)CC1. The number of nitrogens with one attached hydrogen (secondary N) is 4. The van der Waals surface area contributed by atoms with Crippen molar-refractivity contribution in [3.05, 3.63) is 24.3 Å². The minimum absolute atomic E-state index is 0.0386. The fourth-order valence-corrected chi connectivity index (χ4v) is 3.22. The Labute approximate surface area is 161 Å². The summed E-state index contributed by atoms with van der Waals surface area (Å²) in [5.74, 6) is -0.507. The van der Waals surface area contributed by atoms with Gasteiger partial charge in [0.1, 0.15) is 31.9 Å². The Kier molecular flexibility index (Phi) is 7.64. The van der Waals surface area contributed by atoms with Crippen LogP contribution in [0.25, 0.3) is 0 Å². The first-order valence-corrected chi connectivity index (χ1v) is 9.29. The van der Waals surface area contributed by atoms with Gasteiger partial charge < -0.3 is 25.2 Å². The van der Waals surface area contributed by atoms with Gasteiger partial charge in [-0.3, -0.25) is 9.59 Å². The fourth-order valence-electron chi connectivity index (χ4n) is 3.22. The molecule has 10 heteroatoms. The summed E-state index contributed by atoms with van der Waals surface area (Å²) in [6.07, 6.45) is -4.74. The molecule has 1 heterocycles. The number of likely N-dealkylation sites (N-methyl/N-ethyl adjacent to an activating group) is 1. The number of halogens is 3. The van der Waals surface area contributed by atoms with Crippen LogP contribution in [0.4, 0.5) is 18.9 Å². The van der Waals surface area contributed by atoms with Crippen LogP contribution in [0.1, 0.15) is 13.8 Å². The van der Waals surface area contributed by atoms with Gasteiger partial charge in [0.25, 0.3) is 11.8 Å². The van der Waals surface area contributed by atoms with E-state index in [0.717, 1.165) is 43.2 Å². The Morgan fingerprint density at radius 3 is 2.29 bits per heavy atom. The van der Waals surface area contributed by atoms with Gasteiger partial charge in [-0.25, -0.2) is 0 Å². The van der Waals surface area contributed by atoms with E-state index in [2.05, 4.69) is 15.4 Å². The molecule has 28 heavy (non-hydrogen) atoms. The fraction of sp³-hybridized carbons (Fsp3) is 0.556. The molecular formula is C18H27F3N4O3+2. The van der Waals surface area contributed by atoms with Crippen LogP contribution in [0.3, 0.4) is 0 Å². The van der Waals surface area contributed by atoms with Crippen LogP contribution < -0.4 is 25.2 Å². The van der Waals surface area contributed by atoms with E-state index in [1.807, 2.05) is 13.8 Å². The second kappa shape index (κ2) is 9.74. The van der Waals surface area contributed by atoms with Gasteiger partial charge >= 0.3 is 6.36 Å². The summed E-state index contributed by atoms with van der Waals surface area (Å²) in [5.41, 5.74) is 0.410. The predicted molar refractivity (Wildman–Crippen MR) is 96.2 cm³/mol. The summed E-state index contributed by atoms with van der Waals surface area (Å²) >= 11 is 0. The number of carbonyl (C=O) groups excluding carboxylic acids is 2. The Morgan fingerprint density at radius 1 is 1.14 bits per heavy atom. The van der Waals surface area contributed by atoms with Crippen molar-refractivity contribution in [2.75, 3.05) is 44.6 Å². The van der Waals surface area contributed by atoms with E-state index in [4.69, 9.17) is 0 Å². The summed E-state index contributed by atoms with van der Waals surface area (Å²) in [6.45, 7) is 7.80. The smallest absolute Gasteiger partial charge is 0.406 e. The van der Waals surface area contributed by atoms with Crippen LogP contribution in [0.5, 0.6) is 5.75 Å². The molecule has 0 unspecified atom stereocenters. The first kappa shape index (κ1) is 22.0. The Bertz CT molecular complexity index is 659. The summed E-state index contributed by atoms with van der Waals surface area (Å²) in [6, 6.07) is 4.92. The number of anilines is 1. The molecule has 0 bridgehead atoms. The average molecular weight is 404 g/mol. The number of ether oxygens (including phenoxy) is 1. The van der Waals surface area contributed by atoms with Crippen molar-refractivity contribution >= 4 is 17.5 Å². The molecule has 0 aromatic heterocycles. The molecule has 1 aliphatic heterocycles. The van der Waals surface area contributed by atoms with Crippen LogP contribution in [-0.2, 0) is 9.59 Å². The van der Waals surface area contributed by atoms with Crippen molar-refractivity contribution in [1.29, 1.82) is 0 Å². The third-order valence-electron chi connectivity index (χ3n) is 4.74. The third kappa shape index (κ3) is 7.01. The molecule has 0 spiro atoms. The van der Waals surface area contributed by atoms with E-state index in [-0.39, 0.29) is 30.2 Å². The highest BCUT2D eigenvalue weighted by Gasteiger charge is 2.32. The summed E-state index contributed by atoms with van der Waals surface area (Å²) in [7, 11) is 0. The molecule has 1 aromatic rings. The lowest BCUT2D eigenvalue weighted by atomic mass is 10.2. The maximum atomic E-state index is 12.2. The minimum atomic E-state index is -4.74. The van der Waals surface area contributed by atoms with Gasteiger partial charge in [0.05, 0.1) is 0 Å². The van der Waals surface area contributed by atoms with E-state index in [1.54, 1.807) is 0 Å². The van der Waals surface area contributed by atoms with Gasteiger partial charge in [0, 0.05) is 12.2 Å². The number of hydrogen-bond acceptors (Lipinski definition) is 3. The van der Waals surface area contributed by atoms with E-state index >= 15 is 0 Å². The molecule has 2 amide bonds. The highest BCUT2D eigenvalue weighted by Crippen LogP contribution is 2.23. The summed E-state index contributed by atoms with van der Waals surface area (Å²) < 4.78 is 40.3. The Morgan fingerprint density at radius 2 is 1.75 bits per heavy atom. The number of piperazine rings is 1. The zero-order chi connectivity index (χ0) is 20.7. The zero-order valence-electron chi connectivity index (χ0n) is 16.0. The molecule has 0 radical (unpaired) electrons. The maximum Gasteiger partial charge on any atom is 0.573 e. The van der Waals surface area contributed by atoms with Crippen molar-refractivity contribution in [2.45, 2.75) is 26.3 Å². The molecule has 1 aliphatic rings. The highest BCUT2D eigenvalue weighted by molar-refractivity contribution is 5.91. The number of carbonyl (C=O) groups is 2. The van der Waals surface area contributed by atoms with E-state index in [9.17, 15) is 22.8 Å². The summed E-state index contributed by atoms with van der Waals surface area (Å²) in [4.78, 5) is 26.4. The Balaban J connectivity index is 1.76. The van der Waals surface area contributed by atoms with Crippen LogP contribution in [0.2, 0.25) is 0 Å². The number of alkyl halides is 3. The van der Waals surface area contributed by atoms with Gasteiger partial charge in [-0.15, -0.1) is 13.2 Å². The second-order valence-electron chi connectivity index (χ2n) is 6.82. The lowest BCUT2D eigenvalue weighted by molar-refractivity contribution is -1.01. The molecule has 2 rings (SSSR count). The molecule has 1 atom stereocenters. The van der Waals surface area contributed by atoms with E-state index in [1.165, 1.54) is 17.0 Å². The molecule has 1 fully saturated rings. The largest absolute Gasteiger partial charge is 0.573 e. The molecule has 156 valence electrons. The molecule has 4 N–H and O–H groups in total. The number of rotatable bonds is 7. The van der Waals surface area contributed by atoms with Crippen LogP contribution >= 0.6 is 0 Å². The van der Waals surface area contributed by atoms with Gasteiger partial charge in [-0.2, -0.15) is 0 Å². The normalized spacial score (nSPS) is 20.9. The van der Waals surface area contributed by atoms with Crippen molar-refractivity contribution in [3.63, 3.8) is 0 Å². The maximum absolute atomic E-state index is 12.2. The highest BCUT2D eigenvalue weighted by atomic mass is 19.4. The van der Waals surface area contributed by atoms with E-state index < -0.39 is 6.36 Å². The van der Waals surface area contributed by atoms with Gasteiger partial charge in [0.15, 0.2) is 12.6 Å². The zero-order valence-corrected chi connectivity index (χ0v) is 16.0. The molecule has 7 nitrogen and oxygen atoms in total. The van der Waals surface area contributed by atoms with Crippen LogP contribution in [0, 0.1) is 0 Å². The standard InChI is InChI=1S/C18H25F3N4O3/c1-3-22-17(27)13(2)25-10-8-24(9-11-25)12-16(26)23-14-4-6-15(7-5-14)28-18(19,20)21/h4-7,13H,3,8-12H2,1-2H3,(H,22,27)(H,23,26)/p+2/t13-/m1/s1. The quantitative estimate of drug-likeness (QED) is 0.463. The topological polar surface area (TPSA) is 76.3 Å². The third-order valence-corrected chi connectivity index (χ3v) is 4.74.